The van der Waals surface area contributed by atoms with Gasteiger partial charge in [-0.2, -0.15) is 0 Å². The fourth-order valence-electron chi connectivity index (χ4n) is 3.31. The van der Waals surface area contributed by atoms with Crippen LogP contribution in [0.4, 0.5) is 0 Å². The maximum Gasteiger partial charge on any atom is 0.278 e. The third-order valence-electron chi connectivity index (χ3n) is 4.20. The quantitative estimate of drug-likeness (QED) is 0.0942. The van der Waals surface area contributed by atoms with Crippen molar-refractivity contribution < 1.29 is 26.7 Å². The second-order valence-corrected chi connectivity index (χ2v) is 42.5. The van der Waals surface area contributed by atoms with Crippen LogP contribution in [0.2, 0.25) is 118 Å². The molecule has 222 valence electrons. The van der Waals surface area contributed by atoms with Crippen LogP contribution in [0.15, 0.2) is 5.16 Å². The highest BCUT2D eigenvalue weighted by atomic mass is 28.4. The molecule has 0 N–H and O–H groups in total. The zero-order valence-corrected chi connectivity index (χ0v) is 33.5. The lowest BCUT2D eigenvalue weighted by Gasteiger charge is -2.45. The molecule has 0 heterocycles. The van der Waals surface area contributed by atoms with E-state index in [1.54, 1.807) is 0 Å². The van der Waals surface area contributed by atoms with Crippen LogP contribution in [0.25, 0.3) is 0 Å². The van der Waals surface area contributed by atoms with Gasteiger partial charge in [-0.1, -0.05) is 0 Å². The lowest BCUT2D eigenvalue weighted by atomic mass is 10.0. The number of rotatable bonds is 17. The van der Waals surface area contributed by atoms with Crippen molar-refractivity contribution in [2.24, 2.45) is 5.16 Å². The Bertz CT molecular complexity index is 699. The molecule has 0 aromatic carbocycles. The van der Waals surface area contributed by atoms with Crippen molar-refractivity contribution in [1.82, 2.24) is 0 Å². The normalized spacial score (nSPS) is 18.1. The first-order chi connectivity index (χ1) is 16.1. The molecule has 0 fully saturated rings. The van der Waals surface area contributed by atoms with Crippen molar-refractivity contribution >= 4 is 56.1 Å². The predicted octanol–water partition coefficient (Wildman–Crippen LogP) is 7.56. The van der Waals surface area contributed by atoms with Crippen LogP contribution in [-0.4, -0.2) is 87.1 Å². The van der Waals surface area contributed by atoms with E-state index < -0.39 is 62.1 Å². The van der Waals surface area contributed by atoms with Gasteiger partial charge in [-0.05, 0) is 118 Å². The maximum atomic E-state index is 6.97. The highest BCUT2D eigenvalue weighted by Crippen LogP contribution is 2.28. The van der Waals surface area contributed by atoms with Crippen molar-refractivity contribution in [1.29, 1.82) is 0 Å². The highest BCUT2D eigenvalue weighted by Gasteiger charge is 2.44. The van der Waals surface area contributed by atoms with Gasteiger partial charge in [-0.15, -0.1) is 5.16 Å². The summed E-state index contributed by atoms with van der Waals surface area (Å²) in [6, 6.07) is 0. The van der Waals surface area contributed by atoms with E-state index in [0.717, 1.165) is 0 Å². The first-order valence-electron chi connectivity index (χ1n) is 13.6. The molecule has 0 saturated heterocycles. The minimum Gasteiger partial charge on any atom is -0.456 e. The van der Waals surface area contributed by atoms with E-state index in [1.165, 1.54) is 0 Å². The maximum absolute atomic E-state index is 6.97. The zero-order chi connectivity index (χ0) is 29.7. The van der Waals surface area contributed by atoms with Crippen molar-refractivity contribution in [3.8, 4) is 0 Å². The van der Waals surface area contributed by atoms with Gasteiger partial charge < -0.3 is 26.7 Å². The minimum atomic E-state index is -2.04. The Kier molecular flexibility index (Phi) is 14.2. The summed E-state index contributed by atoms with van der Waals surface area (Å²) >= 11 is 0. The van der Waals surface area contributed by atoms with Crippen LogP contribution in [0.5, 0.6) is 0 Å². The summed E-state index contributed by atoms with van der Waals surface area (Å²) < 4.78 is 39.9. The molecule has 13 heteroatoms. The van der Waals surface area contributed by atoms with Crippen molar-refractivity contribution in [3.05, 3.63) is 0 Å². The Hall–Kier alpha value is 0.571. The Morgan fingerprint density at radius 1 is 0.486 bits per heavy atom. The number of hydrogen-bond acceptors (Lipinski definition) is 7. The van der Waals surface area contributed by atoms with Gasteiger partial charge in [-0.3, -0.25) is 0 Å². The Morgan fingerprint density at radius 2 is 0.892 bits per heavy atom. The van der Waals surface area contributed by atoms with Gasteiger partial charge in [0, 0.05) is 0 Å². The second kappa shape index (κ2) is 14.0. The van der Waals surface area contributed by atoms with E-state index in [1.807, 2.05) is 6.21 Å². The Morgan fingerprint density at radius 3 is 1.24 bits per heavy atom. The fourth-order valence-corrected chi connectivity index (χ4v) is 8.66. The molecule has 0 amide bonds. The van der Waals surface area contributed by atoms with Crippen LogP contribution in [0.1, 0.15) is 0 Å². The van der Waals surface area contributed by atoms with Crippen LogP contribution in [0.3, 0.4) is 0 Å². The van der Waals surface area contributed by atoms with Gasteiger partial charge in [-0.25, -0.2) is 0 Å². The molecular weight excluding hydrogens is 567 g/mol. The number of oxime groups is 1. The summed E-state index contributed by atoms with van der Waals surface area (Å²) in [7, 11) is -11.6. The van der Waals surface area contributed by atoms with Gasteiger partial charge in [0.25, 0.3) is 8.32 Å². The fraction of sp³-hybridized carbons (Fsp3) is 0.958. The topological polar surface area (TPSA) is 67.7 Å². The second-order valence-electron chi connectivity index (χ2n) is 15.7. The van der Waals surface area contributed by atoms with Gasteiger partial charge in [0.2, 0.25) is 0 Å². The van der Waals surface area contributed by atoms with E-state index >= 15 is 0 Å². The number of nitrogens with zero attached hydrogens (tertiary/aromatic N) is 1. The molecule has 0 aromatic heterocycles. The van der Waals surface area contributed by atoms with E-state index in [9.17, 15) is 0 Å². The van der Waals surface area contributed by atoms with Crippen molar-refractivity contribution in [2.45, 2.75) is 142 Å². The largest absolute Gasteiger partial charge is 0.456 e. The average Bonchev–Trinajstić information content (AvgIpc) is 2.55. The molecule has 0 rings (SSSR count). The Labute approximate surface area is 236 Å². The van der Waals surface area contributed by atoms with Gasteiger partial charge in [0.05, 0.1) is 25.0 Å². The van der Waals surface area contributed by atoms with Gasteiger partial charge in [0.1, 0.15) is 12.2 Å². The molecule has 4 atom stereocenters. The van der Waals surface area contributed by atoms with Crippen molar-refractivity contribution in [3.63, 3.8) is 0 Å². The summed E-state index contributed by atoms with van der Waals surface area (Å²) in [5.41, 5.74) is 0. The van der Waals surface area contributed by atoms with Gasteiger partial charge >= 0.3 is 0 Å². The molecule has 7 nitrogen and oxygen atoms in total. The molecule has 0 radical (unpaired) electrons. The third kappa shape index (κ3) is 21.0. The summed E-state index contributed by atoms with van der Waals surface area (Å²) in [6.07, 6.45) is 0.361. The molecule has 0 unspecified atom stereocenters. The first-order valence-corrected chi connectivity index (χ1v) is 34.1. The number of hydrogen-bond donors (Lipinski definition) is 0. The van der Waals surface area contributed by atoms with Crippen LogP contribution >= 0.6 is 0 Å². The molecule has 37 heavy (non-hydrogen) atoms. The molecule has 0 saturated carbocycles. The zero-order valence-electron chi connectivity index (χ0n) is 27.5. The SMILES string of the molecule is C[Si](C)(C)OC[C@@H](O[Si](C)(C)C)[C@H](O[Si](C)(C)C)[C@H](O[Si](C)(C)C)[C@H](/C=N/O[Si](C)(C)C)O[Si](C)(C)C. The summed E-state index contributed by atoms with van der Waals surface area (Å²) in [6.45, 7) is 40.0. The predicted molar refractivity (Wildman–Crippen MR) is 175 cm³/mol. The molecular formula is C24H61NO6Si6. The van der Waals surface area contributed by atoms with Gasteiger partial charge in [0.15, 0.2) is 41.6 Å². The molecule has 0 aromatic rings. The summed E-state index contributed by atoms with van der Waals surface area (Å²) in [5.74, 6) is 0. The van der Waals surface area contributed by atoms with Crippen LogP contribution in [-0.2, 0) is 26.7 Å². The first kappa shape index (κ1) is 37.6. The molecule has 0 spiro atoms. The molecule has 0 bridgehead atoms. The Balaban J connectivity index is 6.89. The molecule has 0 aliphatic carbocycles. The van der Waals surface area contributed by atoms with Crippen molar-refractivity contribution in [2.75, 3.05) is 6.61 Å². The lowest BCUT2D eigenvalue weighted by Crippen LogP contribution is -2.60. The van der Waals surface area contributed by atoms with Crippen LogP contribution in [0, 0.1) is 0 Å². The summed E-state index contributed by atoms with van der Waals surface area (Å²) in [4.78, 5) is 0. The molecule has 0 aliphatic rings. The minimum absolute atomic E-state index is 0.273. The molecule has 0 aliphatic heterocycles. The van der Waals surface area contributed by atoms with Crippen LogP contribution < -0.4 is 0 Å². The monoisotopic (exact) mass is 627 g/mol. The standard InChI is InChI=1S/C24H61NO6Si6/c1-32(2,3)26-20-22(28-34(7,8)9)24(30-36(13,14)15)23(29-35(10,11)12)21(27-33(4,5)6)19-25-31-37(16,17)18/h19,21-24H,20H2,1-18H3/b25-19+/t21-,22+,23+,24-/m0/s1. The third-order valence-corrected chi connectivity index (χ3v) is 9.84. The average molecular weight is 628 g/mol. The van der Waals surface area contributed by atoms with E-state index in [0.29, 0.717) is 6.61 Å². The van der Waals surface area contributed by atoms with E-state index in [2.05, 4.69) is 123 Å². The smallest absolute Gasteiger partial charge is 0.278 e. The van der Waals surface area contributed by atoms with E-state index in [-0.39, 0.29) is 12.2 Å². The highest BCUT2D eigenvalue weighted by molar-refractivity contribution is 6.71. The van der Waals surface area contributed by atoms with E-state index in [4.69, 9.17) is 26.7 Å². The summed E-state index contributed by atoms with van der Waals surface area (Å²) in [5, 5.41) is 4.44. The lowest BCUT2D eigenvalue weighted by molar-refractivity contribution is -0.0731.